The number of halogens is 4. The second-order valence-electron chi connectivity index (χ2n) is 23.3. The minimum Gasteiger partial charge on any atom is -0.501 e. The molecule has 11 aromatic rings. The van der Waals surface area contributed by atoms with Crippen molar-refractivity contribution in [1.29, 1.82) is 0 Å². The molecule has 82 heavy (non-hydrogen) atoms. The van der Waals surface area contributed by atoms with Gasteiger partial charge in [-0.3, -0.25) is 17.6 Å². The number of furan rings is 1. The first-order valence-electron chi connectivity index (χ1n) is 27.0. The van der Waals surface area contributed by atoms with Gasteiger partial charge in [-0.05, 0) is 93.5 Å². The summed E-state index contributed by atoms with van der Waals surface area (Å²) in [5.74, 6) is -0.800. The molecule has 11 rings (SSSR count). The van der Waals surface area contributed by atoms with Gasteiger partial charge < -0.3 is 23.5 Å². The molecule has 0 aliphatic rings. The topological polar surface area (TPSA) is 86.4 Å². The Hall–Kier alpha value is -7.99. The van der Waals surface area contributed by atoms with Crippen molar-refractivity contribution in [2.75, 3.05) is 0 Å². The first-order chi connectivity index (χ1) is 38.4. The van der Waals surface area contributed by atoms with Gasteiger partial charge in [-0.2, -0.15) is 0 Å². The van der Waals surface area contributed by atoms with Crippen molar-refractivity contribution in [2.24, 2.45) is 7.05 Å². The molecule has 419 valence electrons. The van der Waals surface area contributed by atoms with Crippen molar-refractivity contribution in [3.8, 4) is 73.1 Å². The third-order valence-corrected chi connectivity index (χ3v) is 14.2. The van der Waals surface area contributed by atoms with E-state index in [4.69, 9.17) is 24.4 Å². The zero-order valence-corrected chi connectivity index (χ0v) is 50.6. The summed E-state index contributed by atoms with van der Waals surface area (Å²) in [6.45, 7) is 25.3. The largest absolute Gasteiger partial charge is 0.501 e. The number of aryl methyl sites for hydroxylation is 3. The standard InChI is InChI=1S/C35H27F4N.C34H35N6O.Ir/c1-20(2)29-14-23(22-8-6-5-7-9-22)15-30(21(3)4)35(29)24-16-33(27-12-10-25(36)18-31(27)38)40-34(17-24)28-13-11-26(37)19-32(28)39;1-20-14-27(35-18-21(20)2)26-17-23(40-13-12-39(9)19-40)16-25-24-11-10-22(15-28(24)41-29(25)26)30-36-31(33(3,4)5)38-32(37-30)34(6,7)8;/h5-11,14-21H,1-4H3;10-16,18H,1-9H3;/q-2;-1;. The monoisotopic (exact) mass is 1270 g/mol. The van der Waals surface area contributed by atoms with Crippen LogP contribution in [0.1, 0.15) is 115 Å². The molecule has 13 heteroatoms. The molecular formula is C69H62F4IrN7O-3. The van der Waals surface area contributed by atoms with Crippen LogP contribution in [0, 0.1) is 61.6 Å². The first kappa shape index (κ1) is 58.7. The van der Waals surface area contributed by atoms with Crippen molar-refractivity contribution in [1.82, 2.24) is 29.5 Å². The van der Waals surface area contributed by atoms with Crippen LogP contribution in [-0.2, 0) is 38.0 Å². The van der Waals surface area contributed by atoms with Gasteiger partial charge in [0.1, 0.15) is 17.2 Å². The van der Waals surface area contributed by atoms with Crippen LogP contribution >= 0.6 is 0 Å². The van der Waals surface area contributed by atoms with E-state index in [1.54, 1.807) is 12.1 Å². The van der Waals surface area contributed by atoms with Gasteiger partial charge >= 0.3 is 0 Å². The third-order valence-electron chi connectivity index (χ3n) is 14.2. The quantitative estimate of drug-likeness (QED) is 0.0813. The van der Waals surface area contributed by atoms with E-state index >= 15 is 0 Å². The number of imidazole rings is 1. The number of aromatic nitrogens is 7. The molecule has 1 radical (unpaired) electrons. The smallest absolute Gasteiger partial charge is 0.241 e. The van der Waals surface area contributed by atoms with Crippen molar-refractivity contribution in [3.63, 3.8) is 0 Å². The molecule has 0 atom stereocenters. The number of hydrogen-bond acceptors (Lipinski definition) is 6. The van der Waals surface area contributed by atoms with Crippen LogP contribution in [0.4, 0.5) is 17.6 Å². The van der Waals surface area contributed by atoms with Crippen LogP contribution in [0.2, 0.25) is 0 Å². The van der Waals surface area contributed by atoms with E-state index in [9.17, 15) is 17.6 Å². The van der Waals surface area contributed by atoms with E-state index in [1.165, 1.54) is 5.56 Å². The second kappa shape index (κ2) is 23.1. The van der Waals surface area contributed by atoms with Crippen LogP contribution < -0.4 is 4.57 Å². The Morgan fingerprint density at radius 1 is 0.585 bits per heavy atom. The molecule has 0 saturated carbocycles. The van der Waals surface area contributed by atoms with Crippen molar-refractivity contribution < 1.29 is 46.7 Å². The maximum atomic E-state index is 14.9. The molecule has 8 nitrogen and oxygen atoms in total. The van der Waals surface area contributed by atoms with Crippen LogP contribution in [0.3, 0.4) is 0 Å². The molecule has 0 bridgehead atoms. The van der Waals surface area contributed by atoms with E-state index in [0.29, 0.717) is 11.4 Å². The fourth-order valence-electron chi connectivity index (χ4n) is 9.67. The Labute approximate surface area is 490 Å². The molecule has 0 spiro atoms. The Bertz CT molecular complexity index is 4060. The molecule has 0 aliphatic heterocycles. The Balaban J connectivity index is 0.000000195. The van der Waals surface area contributed by atoms with Gasteiger partial charge in [0.15, 0.2) is 5.82 Å². The molecule has 0 N–H and O–H groups in total. The molecular weight excluding hydrogens is 1210 g/mol. The summed E-state index contributed by atoms with van der Waals surface area (Å²) in [5, 5.41) is 1.99. The Morgan fingerprint density at radius 3 is 1.68 bits per heavy atom. The number of benzene rings is 6. The summed E-state index contributed by atoms with van der Waals surface area (Å²) in [6, 6.07) is 40.6. The predicted molar refractivity (Wildman–Crippen MR) is 312 cm³/mol. The van der Waals surface area contributed by atoms with Gasteiger partial charge in [0.05, 0.1) is 12.6 Å². The molecule has 0 fully saturated rings. The molecule has 6 aromatic carbocycles. The zero-order chi connectivity index (χ0) is 57.8. The predicted octanol–water partition coefficient (Wildman–Crippen LogP) is 17.1. The van der Waals surface area contributed by atoms with E-state index in [1.807, 2.05) is 59.0 Å². The fourth-order valence-corrected chi connectivity index (χ4v) is 9.67. The Morgan fingerprint density at radius 2 is 1.17 bits per heavy atom. The summed E-state index contributed by atoms with van der Waals surface area (Å²) < 4.78 is 67.8. The minimum absolute atomic E-state index is 0. The fraction of sp³-hybridized carbons (Fsp3) is 0.246. The maximum Gasteiger partial charge on any atom is 0.241 e. The van der Waals surface area contributed by atoms with Crippen LogP contribution in [-0.4, -0.2) is 29.5 Å². The molecule has 0 saturated heterocycles. The molecule has 0 aliphatic carbocycles. The van der Waals surface area contributed by atoms with Gasteiger partial charge in [-0.15, -0.1) is 36.4 Å². The SMILES string of the molecule is CC(C)c1cc(-c2ccccc2)cc(C(C)C)c1-c1cc(-c2[c-]cc(F)cc2F)nc(-c2[c-]cc(F)cc2F)c1.Cc1cnc(-c2[c-]c(-n3[c-][n+](C)cc3)cc3c2oc2cc(-c4nc(C(C)(C)C)nc(C(C)(C)C)n4)ccc23)cc1C.[Ir]. The Kier molecular flexibility index (Phi) is 16.5. The van der Waals surface area contributed by atoms with Gasteiger partial charge in [0.25, 0.3) is 0 Å². The summed E-state index contributed by atoms with van der Waals surface area (Å²) in [4.78, 5) is 23.9. The van der Waals surface area contributed by atoms with Crippen LogP contribution in [0.25, 0.3) is 95.0 Å². The molecule has 5 heterocycles. The normalized spacial score (nSPS) is 11.8. The van der Waals surface area contributed by atoms with E-state index in [-0.39, 0.29) is 65.3 Å². The van der Waals surface area contributed by atoms with E-state index in [2.05, 4.69) is 161 Å². The van der Waals surface area contributed by atoms with E-state index in [0.717, 1.165) is 114 Å². The van der Waals surface area contributed by atoms with Crippen molar-refractivity contribution in [3.05, 3.63) is 209 Å². The number of fused-ring (bicyclic) bond motifs is 3. The number of nitrogens with zero attached hydrogens (tertiary/aromatic N) is 7. The summed E-state index contributed by atoms with van der Waals surface area (Å²) in [6.07, 6.45) is 9.12. The average molecular weight is 1270 g/mol. The number of hydrogen-bond donors (Lipinski definition) is 0. The van der Waals surface area contributed by atoms with Gasteiger partial charge in [0.2, 0.25) is 6.33 Å². The van der Waals surface area contributed by atoms with Gasteiger partial charge in [0, 0.05) is 83.7 Å². The van der Waals surface area contributed by atoms with Crippen LogP contribution in [0.5, 0.6) is 0 Å². The van der Waals surface area contributed by atoms with Crippen LogP contribution in [0.15, 0.2) is 132 Å². The zero-order valence-electron chi connectivity index (χ0n) is 48.2. The first-order valence-corrected chi connectivity index (χ1v) is 27.0. The average Bonchev–Trinajstić information content (AvgIpc) is 2.83. The van der Waals surface area contributed by atoms with Gasteiger partial charge in [-0.25, -0.2) is 15.0 Å². The summed E-state index contributed by atoms with van der Waals surface area (Å²) in [7, 11) is 1.95. The second-order valence-corrected chi connectivity index (χ2v) is 23.3. The number of pyridine rings is 2. The molecule has 5 aromatic heterocycles. The molecule has 0 amide bonds. The van der Waals surface area contributed by atoms with E-state index < -0.39 is 23.3 Å². The van der Waals surface area contributed by atoms with Gasteiger partial charge in [-0.1, -0.05) is 182 Å². The number of rotatable bonds is 9. The molecule has 0 unspecified atom stereocenters. The summed E-state index contributed by atoms with van der Waals surface area (Å²) in [5.41, 5.74) is 12.8. The van der Waals surface area contributed by atoms with Crippen molar-refractivity contribution in [2.45, 2.75) is 106 Å². The minimum atomic E-state index is -0.841. The third kappa shape index (κ3) is 12.1. The van der Waals surface area contributed by atoms with Crippen molar-refractivity contribution >= 4 is 21.9 Å². The summed E-state index contributed by atoms with van der Waals surface area (Å²) >= 11 is 0. The maximum absolute atomic E-state index is 14.9.